The lowest BCUT2D eigenvalue weighted by Crippen LogP contribution is -2.38. The summed E-state index contributed by atoms with van der Waals surface area (Å²) >= 11 is 0. The zero-order valence-corrected chi connectivity index (χ0v) is 10.2. The fourth-order valence-electron chi connectivity index (χ4n) is 2.40. The van der Waals surface area contributed by atoms with Crippen LogP contribution in [0.5, 0.6) is 0 Å². The smallest absolute Gasteiger partial charge is 0.141 e. The molecule has 1 aliphatic rings. The number of nitrogens with one attached hydrogen (secondary N) is 1. The van der Waals surface area contributed by atoms with E-state index in [1.165, 1.54) is 6.20 Å². The second-order valence-corrected chi connectivity index (χ2v) is 4.94. The van der Waals surface area contributed by atoms with E-state index in [2.05, 4.69) is 10.3 Å². The summed E-state index contributed by atoms with van der Waals surface area (Å²) in [4.78, 5) is 3.88. The normalized spacial score (nSPS) is 26.8. The molecule has 0 bridgehead atoms. The fraction of sp³-hybridized carbons (Fsp3) is 0.615. The predicted octanol–water partition coefficient (Wildman–Crippen LogP) is 2.14. The molecule has 0 saturated heterocycles. The number of hydrogen-bond acceptors (Lipinski definition) is 3. The molecule has 3 N–H and O–H groups in total. The number of aromatic nitrogens is 1. The minimum Gasteiger partial charge on any atom is -0.328 e. The van der Waals surface area contributed by atoms with Crippen molar-refractivity contribution in [3.8, 4) is 0 Å². The molecular formula is C13H20FN3. The van der Waals surface area contributed by atoms with Crippen LogP contribution in [0.25, 0.3) is 0 Å². The number of nitrogens with zero attached hydrogens (tertiary/aromatic N) is 1. The highest BCUT2D eigenvalue weighted by Gasteiger charge is 2.20. The van der Waals surface area contributed by atoms with E-state index >= 15 is 0 Å². The Kier molecular flexibility index (Phi) is 4.07. The molecule has 0 aromatic carbocycles. The molecule has 1 fully saturated rings. The Hall–Kier alpha value is -1.00. The minimum atomic E-state index is -0.276. The molecule has 3 nitrogen and oxygen atoms in total. The average Bonchev–Trinajstić information content (AvgIpc) is 2.32. The number of rotatable bonds is 3. The lowest BCUT2D eigenvalue weighted by atomic mass is 9.91. The zero-order chi connectivity index (χ0) is 12.3. The van der Waals surface area contributed by atoms with Crippen LogP contribution in [0.4, 0.5) is 4.39 Å². The molecule has 1 atom stereocenters. The third-order valence-electron chi connectivity index (χ3n) is 3.48. The summed E-state index contributed by atoms with van der Waals surface area (Å²) in [5, 5.41) is 3.52. The maximum absolute atomic E-state index is 13.1. The van der Waals surface area contributed by atoms with Crippen LogP contribution in [0.1, 0.15) is 44.2 Å². The molecule has 1 heterocycles. The van der Waals surface area contributed by atoms with Gasteiger partial charge < -0.3 is 11.1 Å². The standard InChI is InChI=1S/C13H20FN3/c1-9(10-6-11(14)8-16-7-10)17-13-4-2-12(15)3-5-13/h6-9,12-13,17H,2-5,15H2,1H3. The lowest BCUT2D eigenvalue weighted by Gasteiger charge is -2.29. The summed E-state index contributed by atoms with van der Waals surface area (Å²) in [5.41, 5.74) is 6.77. The maximum atomic E-state index is 13.1. The first kappa shape index (κ1) is 12.5. The van der Waals surface area contributed by atoms with Crippen molar-refractivity contribution in [3.63, 3.8) is 0 Å². The number of hydrogen-bond donors (Lipinski definition) is 2. The van der Waals surface area contributed by atoms with Crippen molar-refractivity contribution in [2.24, 2.45) is 5.73 Å². The largest absolute Gasteiger partial charge is 0.328 e. The van der Waals surface area contributed by atoms with Crippen molar-refractivity contribution in [1.82, 2.24) is 10.3 Å². The van der Waals surface area contributed by atoms with Gasteiger partial charge in [0.25, 0.3) is 0 Å². The van der Waals surface area contributed by atoms with Crippen LogP contribution in [0, 0.1) is 5.82 Å². The maximum Gasteiger partial charge on any atom is 0.141 e. The molecule has 1 unspecified atom stereocenters. The van der Waals surface area contributed by atoms with Crippen LogP contribution >= 0.6 is 0 Å². The van der Waals surface area contributed by atoms with Crippen LogP contribution in [0.2, 0.25) is 0 Å². The number of pyridine rings is 1. The summed E-state index contributed by atoms with van der Waals surface area (Å²) in [5.74, 6) is -0.276. The van der Waals surface area contributed by atoms with Gasteiger partial charge in [0.15, 0.2) is 0 Å². The Morgan fingerprint density at radius 1 is 1.35 bits per heavy atom. The van der Waals surface area contributed by atoms with E-state index < -0.39 is 0 Å². The van der Waals surface area contributed by atoms with Gasteiger partial charge in [-0.3, -0.25) is 4.98 Å². The van der Waals surface area contributed by atoms with Crippen molar-refractivity contribution in [2.45, 2.75) is 50.7 Å². The zero-order valence-electron chi connectivity index (χ0n) is 10.2. The molecule has 1 aliphatic carbocycles. The van der Waals surface area contributed by atoms with Gasteiger partial charge in [-0.2, -0.15) is 0 Å². The Morgan fingerprint density at radius 3 is 2.71 bits per heavy atom. The first-order valence-electron chi connectivity index (χ1n) is 6.27. The molecule has 17 heavy (non-hydrogen) atoms. The third kappa shape index (κ3) is 3.48. The van der Waals surface area contributed by atoms with Crippen LogP contribution in [-0.2, 0) is 0 Å². The summed E-state index contributed by atoms with van der Waals surface area (Å²) in [7, 11) is 0. The van der Waals surface area contributed by atoms with E-state index in [4.69, 9.17) is 5.73 Å². The Bertz CT molecular complexity index is 361. The topological polar surface area (TPSA) is 50.9 Å². The highest BCUT2D eigenvalue weighted by Crippen LogP contribution is 2.21. The van der Waals surface area contributed by atoms with E-state index in [1.54, 1.807) is 12.3 Å². The van der Waals surface area contributed by atoms with E-state index in [0.29, 0.717) is 12.1 Å². The Balaban J connectivity index is 1.90. The predicted molar refractivity (Wildman–Crippen MR) is 66.0 cm³/mol. The third-order valence-corrected chi connectivity index (χ3v) is 3.48. The molecule has 1 saturated carbocycles. The van der Waals surface area contributed by atoms with Crippen molar-refractivity contribution in [1.29, 1.82) is 0 Å². The SMILES string of the molecule is CC(NC1CCC(N)CC1)c1cncc(F)c1. The van der Waals surface area contributed by atoms with Gasteiger partial charge in [0.05, 0.1) is 6.20 Å². The Labute approximate surface area is 102 Å². The first-order chi connectivity index (χ1) is 8.15. The van der Waals surface area contributed by atoms with Crippen LogP contribution < -0.4 is 11.1 Å². The number of halogens is 1. The minimum absolute atomic E-state index is 0.137. The molecule has 0 radical (unpaired) electrons. The van der Waals surface area contributed by atoms with E-state index in [-0.39, 0.29) is 11.9 Å². The average molecular weight is 237 g/mol. The summed E-state index contributed by atoms with van der Waals surface area (Å²) in [6, 6.07) is 2.53. The molecule has 4 heteroatoms. The lowest BCUT2D eigenvalue weighted by molar-refractivity contribution is 0.321. The van der Waals surface area contributed by atoms with Gasteiger partial charge in [-0.1, -0.05) is 0 Å². The van der Waals surface area contributed by atoms with Gasteiger partial charge in [-0.25, -0.2) is 4.39 Å². The van der Waals surface area contributed by atoms with Gasteiger partial charge in [0, 0.05) is 24.3 Å². The summed E-state index contributed by atoms with van der Waals surface area (Å²) in [6.45, 7) is 2.05. The molecule has 2 rings (SSSR count). The highest BCUT2D eigenvalue weighted by molar-refractivity contribution is 5.14. The molecule has 0 aliphatic heterocycles. The van der Waals surface area contributed by atoms with Crippen molar-refractivity contribution < 1.29 is 4.39 Å². The second kappa shape index (κ2) is 5.56. The Morgan fingerprint density at radius 2 is 2.06 bits per heavy atom. The van der Waals surface area contributed by atoms with E-state index in [0.717, 1.165) is 31.2 Å². The fourth-order valence-corrected chi connectivity index (χ4v) is 2.40. The number of nitrogens with two attached hydrogens (primary N) is 1. The molecule has 1 aromatic heterocycles. The van der Waals surface area contributed by atoms with Crippen LogP contribution in [0.15, 0.2) is 18.5 Å². The van der Waals surface area contributed by atoms with Crippen LogP contribution in [0.3, 0.4) is 0 Å². The summed E-state index contributed by atoms with van der Waals surface area (Å²) < 4.78 is 13.1. The quantitative estimate of drug-likeness (QED) is 0.847. The highest BCUT2D eigenvalue weighted by atomic mass is 19.1. The van der Waals surface area contributed by atoms with E-state index in [1.807, 2.05) is 6.92 Å². The van der Waals surface area contributed by atoms with Gasteiger partial charge in [0.1, 0.15) is 5.82 Å². The molecule has 94 valence electrons. The van der Waals surface area contributed by atoms with Gasteiger partial charge >= 0.3 is 0 Å². The first-order valence-corrected chi connectivity index (χ1v) is 6.27. The van der Waals surface area contributed by atoms with Crippen molar-refractivity contribution in [2.75, 3.05) is 0 Å². The molecule has 1 aromatic rings. The van der Waals surface area contributed by atoms with Crippen molar-refractivity contribution >= 4 is 0 Å². The van der Waals surface area contributed by atoms with Gasteiger partial charge in [-0.05, 0) is 44.2 Å². The van der Waals surface area contributed by atoms with Gasteiger partial charge in [-0.15, -0.1) is 0 Å². The summed E-state index contributed by atoms with van der Waals surface area (Å²) in [6.07, 6.45) is 7.31. The molecule has 0 amide bonds. The second-order valence-electron chi connectivity index (χ2n) is 4.94. The molecular weight excluding hydrogens is 217 g/mol. The van der Waals surface area contributed by atoms with E-state index in [9.17, 15) is 4.39 Å². The van der Waals surface area contributed by atoms with Gasteiger partial charge in [0.2, 0.25) is 0 Å². The van der Waals surface area contributed by atoms with Crippen molar-refractivity contribution in [3.05, 3.63) is 29.8 Å². The molecule has 0 spiro atoms. The van der Waals surface area contributed by atoms with Crippen LogP contribution in [-0.4, -0.2) is 17.1 Å². The monoisotopic (exact) mass is 237 g/mol.